The monoisotopic (exact) mass is 975 g/mol. The Kier molecular flexibility index (Phi) is 34.2. The molecule has 69 heavy (non-hydrogen) atoms. The van der Waals surface area contributed by atoms with Gasteiger partial charge in [-0.05, 0) is 57.8 Å². The second-order valence-corrected chi connectivity index (χ2v) is 20.7. The van der Waals surface area contributed by atoms with Crippen LogP contribution < -0.4 is 0 Å². The Morgan fingerprint density at radius 2 is 0.609 bits per heavy atom. The molecule has 0 radical (unpaired) electrons. The van der Waals surface area contributed by atoms with Crippen molar-refractivity contribution in [1.29, 1.82) is 0 Å². The summed E-state index contributed by atoms with van der Waals surface area (Å²) in [5.41, 5.74) is 0. The standard InChI is InChI=1S/C57H98O12/c1-4-7-10-22-31-45(58)40-52-49(67-52)34-25-16-13-19-28-37-55(61)64-43-48(66-57(63)39-30-21-15-18-27-36-51-54(69-51)42-47(60)33-24-12-9-6-3)44-65-56(62)38-29-20-14-17-26-35-50-53(68-50)41-46(59)32-23-11-8-5-2/h48-54H,4-44H2,1-3H3. The molecule has 3 saturated heterocycles. The van der Waals surface area contributed by atoms with Crippen LogP contribution in [0.4, 0.5) is 0 Å². The van der Waals surface area contributed by atoms with Crippen molar-refractivity contribution >= 4 is 35.3 Å². The summed E-state index contributed by atoms with van der Waals surface area (Å²) in [6, 6.07) is 0. The first kappa shape index (κ1) is 60.6. The van der Waals surface area contributed by atoms with E-state index in [2.05, 4.69) is 20.8 Å². The van der Waals surface area contributed by atoms with Gasteiger partial charge in [-0.1, -0.05) is 156 Å². The number of rotatable bonds is 50. The van der Waals surface area contributed by atoms with E-state index in [-0.39, 0.29) is 81.0 Å². The first-order valence-corrected chi connectivity index (χ1v) is 28.6. The molecule has 0 aliphatic carbocycles. The third-order valence-corrected chi connectivity index (χ3v) is 14.0. The van der Waals surface area contributed by atoms with Gasteiger partial charge in [0.2, 0.25) is 0 Å². The van der Waals surface area contributed by atoms with Gasteiger partial charge >= 0.3 is 17.9 Å². The molecular formula is C57H98O12. The number of carbonyl (C=O) groups excluding carboxylic acids is 6. The SMILES string of the molecule is CCCCCCC(=O)CC1OC1CCCCCCCC(=O)OCC(COC(=O)CCCCCCCC1OC1CC(=O)CCCCCC)OC(=O)CCCCCCCC1OC1CC(=O)CCCCCC. The zero-order valence-corrected chi connectivity index (χ0v) is 43.9. The minimum Gasteiger partial charge on any atom is -0.462 e. The maximum atomic E-state index is 12.9. The molecule has 0 spiro atoms. The van der Waals surface area contributed by atoms with Crippen molar-refractivity contribution in [2.75, 3.05) is 13.2 Å². The van der Waals surface area contributed by atoms with Crippen LogP contribution in [0.2, 0.25) is 0 Å². The molecule has 0 amide bonds. The lowest BCUT2D eigenvalue weighted by Gasteiger charge is -2.18. The summed E-state index contributed by atoms with van der Waals surface area (Å²) < 4.78 is 34.0. The first-order chi connectivity index (χ1) is 33.6. The second-order valence-electron chi connectivity index (χ2n) is 20.7. The smallest absolute Gasteiger partial charge is 0.306 e. The predicted molar refractivity (Wildman–Crippen MR) is 270 cm³/mol. The third-order valence-electron chi connectivity index (χ3n) is 14.0. The van der Waals surface area contributed by atoms with Gasteiger partial charge in [0.25, 0.3) is 0 Å². The second kappa shape index (κ2) is 38.9. The summed E-state index contributed by atoms with van der Waals surface area (Å²) in [5.74, 6) is -0.145. The molecule has 0 bridgehead atoms. The van der Waals surface area contributed by atoms with Crippen molar-refractivity contribution in [3.63, 3.8) is 0 Å². The van der Waals surface area contributed by atoms with Crippen LogP contribution in [0.3, 0.4) is 0 Å². The van der Waals surface area contributed by atoms with Gasteiger partial charge < -0.3 is 28.4 Å². The lowest BCUT2D eigenvalue weighted by molar-refractivity contribution is -0.167. The molecule has 0 aromatic carbocycles. The van der Waals surface area contributed by atoms with Gasteiger partial charge in [0.1, 0.15) is 30.6 Å². The van der Waals surface area contributed by atoms with Crippen LogP contribution in [-0.4, -0.2) is 91.2 Å². The molecule has 6 unspecified atom stereocenters. The third kappa shape index (κ3) is 32.8. The fourth-order valence-electron chi connectivity index (χ4n) is 9.38. The van der Waals surface area contributed by atoms with E-state index in [1.807, 2.05) is 0 Å². The van der Waals surface area contributed by atoms with Gasteiger partial charge in [-0.15, -0.1) is 0 Å². The Morgan fingerprint density at radius 1 is 0.333 bits per heavy atom. The van der Waals surface area contributed by atoms with Crippen LogP contribution in [-0.2, 0) is 57.2 Å². The Morgan fingerprint density at radius 3 is 0.942 bits per heavy atom. The maximum Gasteiger partial charge on any atom is 0.306 e. The quantitative estimate of drug-likeness (QED) is 0.0245. The molecule has 0 aromatic heterocycles. The average molecular weight is 975 g/mol. The fourth-order valence-corrected chi connectivity index (χ4v) is 9.38. The zero-order valence-electron chi connectivity index (χ0n) is 43.9. The van der Waals surface area contributed by atoms with Crippen molar-refractivity contribution in [1.82, 2.24) is 0 Å². The zero-order chi connectivity index (χ0) is 49.7. The van der Waals surface area contributed by atoms with Crippen LogP contribution in [0.1, 0.15) is 271 Å². The number of carbonyl (C=O) groups is 6. The molecule has 398 valence electrons. The number of hydrogen-bond acceptors (Lipinski definition) is 12. The highest BCUT2D eigenvalue weighted by Gasteiger charge is 2.40. The molecule has 3 rings (SSSR count). The van der Waals surface area contributed by atoms with Gasteiger partial charge in [0.05, 0.1) is 36.6 Å². The number of unbranched alkanes of at least 4 members (excludes halogenated alkanes) is 21. The highest BCUT2D eigenvalue weighted by molar-refractivity contribution is 5.80. The number of ketones is 3. The van der Waals surface area contributed by atoms with Crippen molar-refractivity contribution < 1.29 is 57.2 Å². The average Bonchev–Trinajstić information content (AvgIpc) is 4.29. The number of esters is 3. The minimum absolute atomic E-state index is 0.101. The summed E-state index contributed by atoms with van der Waals surface area (Å²) >= 11 is 0. The highest BCUT2D eigenvalue weighted by Crippen LogP contribution is 2.33. The first-order valence-electron chi connectivity index (χ1n) is 28.6. The van der Waals surface area contributed by atoms with Gasteiger partial charge in [-0.25, -0.2) is 0 Å². The molecule has 3 aliphatic heterocycles. The van der Waals surface area contributed by atoms with Gasteiger partial charge in [0.15, 0.2) is 6.10 Å². The van der Waals surface area contributed by atoms with Gasteiger partial charge in [-0.2, -0.15) is 0 Å². The van der Waals surface area contributed by atoms with Gasteiger partial charge in [0, 0.05) is 57.8 Å². The Hall–Kier alpha value is -2.70. The Labute approximate surface area is 418 Å². The number of ether oxygens (including phenoxy) is 6. The van der Waals surface area contributed by atoms with Crippen LogP contribution >= 0.6 is 0 Å². The normalized spacial score (nSPS) is 20.6. The Bertz CT molecular complexity index is 1350. The van der Waals surface area contributed by atoms with Crippen molar-refractivity contribution in [3.8, 4) is 0 Å². The van der Waals surface area contributed by atoms with Crippen LogP contribution in [0.15, 0.2) is 0 Å². The van der Waals surface area contributed by atoms with E-state index >= 15 is 0 Å². The largest absolute Gasteiger partial charge is 0.462 e. The minimum atomic E-state index is -0.866. The molecule has 6 atom stereocenters. The van der Waals surface area contributed by atoms with Crippen molar-refractivity contribution in [2.45, 2.75) is 314 Å². The summed E-state index contributed by atoms with van der Waals surface area (Å²) in [5, 5.41) is 0. The van der Waals surface area contributed by atoms with E-state index < -0.39 is 12.1 Å². The summed E-state index contributed by atoms with van der Waals surface area (Å²) in [7, 11) is 0. The highest BCUT2D eigenvalue weighted by atomic mass is 16.6. The molecule has 0 aromatic rings. The van der Waals surface area contributed by atoms with E-state index in [1.165, 1.54) is 38.5 Å². The molecule has 0 saturated carbocycles. The van der Waals surface area contributed by atoms with Crippen molar-refractivity contribution in [2.24, 2.45) is 0 Å². The van der Waals surface area contributed by atoms with Crippen LogP contribution in [0.25, 0.3) is 0 Å². The lowest BCUT2D eigenvalue weighted by atomic mass is 10.0. The predicted octanol–water partition coefficient (Wildman–Crippen LogP) is 13.3. The topological polar surface area (TPSA) is 168 Å². The van der Waals surface area contributed by atoms with E-state index in [1.54, 1.807) is 0 Å². The summed E-state index contributed by atoms with van der Waals surface area (Å²) in [6.45, 7) is 6.20. The van der Waals surface area contributed by atoms with E-state index in [4.69, 9.17) is 28.4 Å². The molecule has 3 heterocycles. The molecule has 12 nitrogen and oxygen atoms in total. The molecule has 3 aliphatic rings. The van der Waals surface area contributed by atoms with Crippen LogP contribution in [0.5, 0.6) is 0 Å². The van der Waals surface area contributed by atoms with E-state index in [0.717, 1.165) is 135 Å². The summed E-state index contributed by atoms with van der Waals surface area (Å²) in [4.78, 5) is 74.9. The van der Waals surface area contributed by atoms with Crippen molar-refractivity contribution in [3.05, 3.63) is 0 Å². The molecule has 12 heteroatoms. The number of Topliss-reactive ketones (excluding diaryl/α,β-unsaturated/α-hetero) is 3. The maximum absolute atomic E-state index is 12.9. The lowest BCUT2D eigenvalue weighted by Crippen LogP contribution is -2.30. The molecule has 0 N–H and O–H groups in total. The van der Waals surface area contributed by atoms with Crippen LogP contribution in [0, 0.1) is 0 Å². The Balaban J connectivity index is 1.25. The fraction of sp³-hybridized carbons (Fsp3) is 0.895. The van der Waals surface area contributed by atoms with Gasteiger partial charge in [-0.3, -0.25) is 28.8 Å². The molecular weight excluding hydrogens is 877 g/mol. The van der Waals surface area contributed by atoms with E-state index in [0.29, 0.717) is 75.1 Å². The van der Waals surface area contributed by atoms with E-state index in [9.17, 15) is 28.8 Å². The number of epoxide rings is 3. The number of hydrogen-bond donors (Lipinski definition) is 0. The molecule has 3 fully saturated rings. The summed E-state index contributed by atoms with van der Waals surface area (Å²) in [6.07, 6.45) is 34.9.